The van der Waals surface area contributed by atoms with Crippen LogP contribution in [0.5, 0.6) is 5.88 Å². The Morgan fingerprint density at radius 1 is 1.10 bits per heavy atom. The Kier molecular flexibility index (Phi) is 9.21. The number of nitrogens with one attached hydrogen (secondary N) is 1. The van der Waals surface area contributed by atoms with Crippen molar-refractivity contribution in [2.24, 2.45) is 11.8 Å². The number of hydrogen-bond acceptors (Lipinski definition) is 10. The third kappa shape index (κ3) is 6.37. The first-order valence-electron chi connectivity index (χ1n) is 15.8. The number of aromatic nitrogens is 2. The van der Waals surface area contributed by atoms with E-state index in [0.29, 0.717) is 29.6 Å². The SMILES string of the molecule is C=C[C@@H]1CC1(NC(=O)[C@@H]1C[C@@H](Oc2nc3ccccc3nc2-c2cccs2)CN1C(=O)C(C(C)C)N(O)C(=O)OC1CC=CC1)C(=O)O. The molecule has 1 saturated heterocycles. The van der Waals surface area contributed by atoms with E-state index in [1.54, 1.807) is 19.9 Å². The van der Waals surface area contributed by atoms with Crippen molar-refractivity contribution in [3.8, 4) is 16.5 Å². The number of rotatable bonds is 11. The zero-order chi connectivity index (χ0) is 34.2. The Labute approximate surface area is 280 Å². The Morgan fingerprint density at radius 2 is 1.81 bits per heavy atom. The molecule has 3 heterocycles. The number of aliphatic carboxylic acids is 1. The zero-order valence-electron chi connectivity index (χ0n) is 26.5. The van der Waals surface area contributed by atoms with E-state index >= 15 is 0 Å². The number of nitrogens with zero attached hydrogens (tertiary/aromatic N) is 4. The summed E-state index contributed by atoms with van der Waals surface area (Å²) in [6.07, 6.45) is 4.04. The number of thiophene rings is 1. The standard InChI is InChI=1S/C34H37N5O8S/c1-4-20-17-34(20,32(42)43)37-29(40)25-16-22(46-30-27(26-14-9-15-48-26)35-23-12-7-8-13-24(23)36-30)18-38(25)31(41)28(19(2)3)39(45)33(44)47-21-10-5-6-11-21/h4-9,12-15,19-22,25,28,45H,1,10-11,16-18H2,2-3H3,(H,37,40)(H,42,43)/t20-,22-,25+,28?,34?/m1/s1. The molecule has 1 aliphatic heterocycles. The molecule has 1 saturated carbocycles. The van der Waals surface area contributed by atoms with Gasteiger partial charge in [-0.3, -0.25) is 14.8 Å². The first-order valence-corrected chi connectivity index (χ1v) is 16.7. The van der Waals surface area contributed by atoms with Crippen LogP contribution in [-0.2, 0) is 19.1 Å². The zero-order valence-corrected chi connectivity index (χ0v) is 27.3. The topological polar surface area (TPSA) is 171 Å². The summed E-state index contributed by atoms with van der Waals surface area (Å²) in [6, 6.07) is 8.50. The molecule has 6 rings (SSSR count). The van der Waals surface area contributed by atoms with Crippen molar-refractivity contribution in [2.45, 2.75) is 69.4 Å². The quantitative estimate of drug-likeness (QED) is 0.150. The van der Waals surface area contributed by atoms with E-state index in [1.165, 1.54) is 22.3 Å². The van der Waals surface area contributed by atoms with Gasteiger partial charge in [0.1, 0.15) is 35.5 Å². The summed E-state index contributed by atoms with van der Waals surface area (Å²) in [6.45, 7) is 6.89. The third-order valence-electron chi connectivity index (χ3n) is 9.01. The van der Waals surface area contributed by atoms with E-state index < -0.39 is 65.5 Å². The lowest BCUT2D eigenvalue weighted by Crippen LogP contribution is -2.58. The number of carbonyl (C=O) groups excluding carboxylic acids is 3. The van der Waals surface area contributed by atoms with E-state index in [9.17, 15) is 29.5 Å². The number of amides is 3. The third-order valence-corrected chi connectivity index (χ3v) is 9.89. The van der Waals surface area contributed by atoms with Gasteiger partial charge in [0.05, 0.1) is 22.5 Å². The largest absolute Gasteiger partial charge is 0.479 e. The maximum atomic E-state index is 14.3. The van der Waals surface area contributed by atoms with Crippen LogP contribution < -0.4 is 10.1 Å². The summed E-state index contributed by atoms with van der Waals surface area (Å²) in [5, 5.41) is 25.8. The summed E-state index contributed by atoms with van der Waals surface area (Å²) in [7, 11) is 0. The van der Waals surface area contributed by atoms with Crippen molar-refractivity contribution < 1.29 is 39.0 Å². The molecule has 5 atom stereocenters. The first kappa shape index (κ1) is 33.1. The van der Waals surface area contributed by atoms with Gasteiger partial charge in [-0.25, -0.2) is 19.6 Å². The number of hydrogen-bond donors (Lipinski definition) is 3. The molecule has 14 heteroatoms. The summed E-state index contributed by atoms with van der Waals surface area (Å²) >= 11 is 1.45. The highest BCUT2D eigenvalue weighted by Gasteiger charge is 2.61. The molecule has 2 unspecified atom stereocenters. The van der Waals surface area contributed by atoms with Crippen molar-refractivity contribution in [1.82, 2.24) is 25.2 Å². The lowest BCUT2D eigenvalue weighted by Gasteiger charge is -2.33. The number of benzene rings is 1. The van der Waals surface area contributed by atoms with Crippen LogP contribution in [0, 0.1) is 11.8 Å². The average molecular weight is 676 g/mol. The number of carboxylic acids is 1. The molecule has 2 aromatic heterocycles. The van der Waals surface area contributed by atoms with Crippen LogP contribution in [0.3, 0.4) is 0 Å². The second-order valence-corrected chi connectivity index (χ2v) is 13.6. The van der Waals surface area contributed by atoms with E-state index in [-0.39, 0.29) is 30.3 Å². The number of carbonyl (C=O) groups is 4. The second kappa shape index (κ2) is 13.4. The molecule has 2 aliphatic carbocycles. The molecule has 13 nitrogen and oxygen atoms in total. The van der Waals surface area contributed by atoms with E-state index in [4.69, 9.17) is 19.4 Å². The van der Waals surface area contributed by atoms with Gasteiger partial charge in [0.25, 0.3) is 0 Å². The molecule has 3 N–H and O–H groups in total. The second-order valence-electron chi connectivity index (χ2n) is 12.6. The lowest BCUT2D eigenvalue weighted by molar-refractivity contribution is -0.164. The molecule has 0 spiro atoms. The minimum Gasteiger partial charge on any atom is -0.479 e. The van der Waals surface area contributed by atoms with Gasteiger partial charge in [-0.15, -0.1) is 17.9 Å². The molecule has 252 valence electrons. The Hall–Kier alpha value is -4.82. The van der Waals surface area contributed by atoms with Crippen molar-refractivity contribution >= 4 is 46.2 Å². The molecule has 2 fully saturated rings. The van der Waals surface area contributed by atoms with E-state index in [0.717, 1.165) is 4.88 Å². The number of fused-ring (bicyclic) bond motifs is 1. The Balaban J connectivity index is 1.30. The van der Waals surface area contributed by atoms with Gasteiger partial charge in [0.15, 0.2) is 0 Å². The minimum atomic E-state index is -1.54. The van der Waals surface area contributed by atoms with Crippen LogP contribution in [0.4, 0.5) is 4.79 Å². The molecule has 48 heavy (non-hydrogen) atoms. The van der Waals surface area contributed by atoms with Gasteiger partial charge in [-0.2, -0.15) is 5.06 Å². The molecule has 0 bridgehead atoms. The number of hydroxylamine groups is 2. The predicted octanol–water partition coefficient (Wildman–Crippen LogP) is 4.42. The molecule has 1 aromatic carbocycles. The van der Waals surface area contributed by atoms with Gasteiger partial charge in [-0.05, 0) is 35.9 Å². The highest BCUT2D eigenvalue weighted by Crippen LogP contribution is 2.45. The van der Waals surface area contributed by atoms with E-state index in [1.807, 2.05) is 47.9 Å². The summed E-state index contributed by atoms with van der Waals surface area (Å²) < 4.78 is 11.8. The molecule has 0 radical (unpaired) electrons. The highest BCUT2D eigenvalue weighted by atomic mass is 32.1. The van der Waals surface area contributed by atoms with Gasteiger partial charge < -0.3 is 24.8 Å². The van der Waals surface area contributed by atoms with Crippen LogP contribution in [0.15, 0.2) is 66.6 Å². The van der Waals surface area contributed by atoms with Crippen molar-refractivity contribution in [3.05, 3.63) is 66.6 Å². The fourth-order valence-electron chi connectivity index (χ4n) is 6.33. The number of carboxylic acid groups (broad SMARTS) is 1. The van der Waals surface area contributed by atoms with E-state index in [2.05, 4.69) is 11.9 Å². The van der Waals surface area contributed by atoms with Crippen molar-refractivity contribution in [1.29, 1.82) is 0 Å². The van der Waals surface area contributed by atoms with Crippen LogP contribution in [0.2, 0.25) is 0 Å². The van der Waals surface area contributed by atoms with Crippen LogP contribution >= 0.6 is 11.3 Å². The van der Waals surface area contributed by atoms with Crippen LogP contribution in [0.1, 0.15) is 39.5 Å². The summed E-state index contributed by atoms with van der Waals surface area (Å²) in [5.74, 6) is -3.48. The first-order chi connectivity index (χ1) is 23.0. The Morgan fingerprint density at radius 3 is 2.42 bits per heavy atom. The number of likely N-dealkylation sites (tertiary alicyclic amines) is 1. The lowest BCUT2D eigenvalue weighted by atomic mass is 10.0. The van der Waals surface area contributed by atoms with Gasteiger partial charge in [0, 0.05) is 25.2 Å². The molecule has 3 amide bonds. The maximum absolute atomic E-state index is 14.3. The van der Waals surface area contributed by atoms with Gasteiger partial charge in [-0.1, -0.05) is 50.3 Å². The molecular formula is C34H37N5O8S. The maximum Gasteiger partial charge on any atom is 0.434 e. The number of para-hydroxylation sites is 2. The Bertz CT molecular complexity index is 1750. The predicted molar refractivity (Wildman–Crippen MR) is 175 cm³/mol. The minimum absolute atomic E-state index is 0.0150. The van der Waals surface area contributed by atoms with Gasteiger partial charge >= 0.3 is 12.1 Å². The highest BCUT2D eigenvalue weighted by molar-refractivity contribution is 7.13. The monoisotopic (exact) mass is 675 g/mol. The fraction of sp³-hybridized carbons (Fsp3) is 0.412. The molecular weight excluding hydrogens is 638 g/mol. The smallest absolute Gasteiger partial charge is 0.434 e. The van der Waals surface area contributed by atoms with Gasteiger partial charge in [0.2, 0.25) is 17.7 Å². The fourth-order valence-corrected chi connectivity index (χ4v) is 7.04. The van der Waals surface area contributed by atoms with Crippen molar-refractivity contribution in [2.75, 3.05) is 6.54 Å². The van der Waals surface area contributed by atoms with Crippen LogP contribution in [-0.4, -0.2) is 90.5 Å². The number of ether oxygens (including phenoxy) is 2. The van der Waals surface area contributed by atoms with Crippen molar-refractivity contribution in [3.63, 3.8) is 0 Å². The summed E-state index contributed by atoms with van der Waals surface area (Å²) in [4.78, 5) is 64.8. The average Bonchev–Trinajstić information content (AvgIpc) is 3.54. The van der Waals surface area contributed by atoms with Crippen LogP contribution in [0.25, 0.3) is 21.6 Å². The summed E-state index contributed by atoms with van der Waals surface area (Å²) in [5.41, 5.74) is 0.212. The normalized spacial score (nSPS) is 24.0. The molecule has 3 aliphatic rings. The molecule has 3 aromatic rings.